The minimum Gasteiger partial charge on any atom is -0.344 e. The molecular formula is C19H20N2O2. The van der Waals surface area contributed by atoms with Crippen molar-refractivity contribution in [3.63, 3.8) is 0 Å². The molecule has 2 aromatic carbocycles. The van der Waals surface area contributed by atoms with Crippen LogP contribution in [0.1, 0.15) is 24.0 Å². The molecule has 0 aliphatic heterocycles. The van der Waals surface area contributed by atoms with Crippen LogP contribution in [-0.2, 0) is 22.7 Å². The van der Waals surface area contributed by atoms with Gasteiger partial charge in [-0.05, 0) is 24.0 Å². The zero-order chi connectivity index (χ0) is 16.1. The van der Waals surface area contributed by atoms with Crippen LogP contribution >= 0.6 is 0 Å². The van der Waals surface area contributed by atoms with Gasteiger partial charge in [0.25, 0.3) is 0 Å². The van der Waals surface area contributed by atoms with Gasteiger partial charge in [-0.15, -0.1) is 0 Å². The van der Waals surface area contributed by atoms with E-state index in [-0.39, 0.29) is 6.04 Å². The maximum Gasteiger partial charge on any atom is 0.312 e. The van der Waals surface area contributed by atoms with Crippen LogP contribution in [0.3, 0.4) is 0 Å². The minimum atomic E-state index is -0.531. The van der Waals surface area contributed by atoms with Crippen LogP contribution in [-0.4, -0.2) is 22.8 Å². The van der Waals surface area contributed by atoms with Gasteiger partial charge < -0.3 is 10.2 Å². The van der Waals surface area contributed by atoms with E-state index >= 15 is 0 Å². The van der Waals surface area contributed by atoms with E-state index in [1.165, 1.54) is 0 Å². The maximum atomic E-state index is 12.5. The van der Waals surface area contributed by atoms with E-state index in [0.717, 1.165) is 24.0 Å². The summed E-state index contributed by atoms with van der Waals surface area (Å²) < 4.78 is 0. The zero-order valence-corrected chi connectivity index (χ0v) is 12.9. The van der Waals surface area contributed by atoms with Gasteiger partial charge in [0, 0.05) is 19.1 Å². The highest BCUT2D eigenvalue weighted by Gasteiger charge is 2.35. The van der Waals surface area contributed by atoms with E-state index in [1.54, 1.807) is 4.90 Å². The fraction of sp³-hybridized carbons (Fsp3) is 0.263. The Hall–Kier alpha value is -2.62. The first-order chi connectivity index (χ1) is 11.2. The number of rotatable bonds is 5. The third-order valence-corrected chi connectivity index (χ3v) is 3.93. The number of carbonyl (C=O) groups excluding carboxylic acids is 2. The molecule has 3 rings (SSSR count). The van der Waals surface area contributed by atoms with Gasteiger partial charge in [0.1, 0.15) is 0 Å². The summed E-state index contributed by atoms with van der Waals surface area (Å²) in [6.45, 7) is 0.859. The first-order valence-electron chi connectivity index (χ1n) is 7.90. The molecule has 118 valence electrons. The van der Waals surface area contributed by atoms with Crippen LogP contribution in [0.25, 0.3) is 0 Å². The van der Waals surface area contributed by atoms with Crippen molar-refractivity contribution in [2.75, 3.05) is 0 Å². The lowest BCUT2D eigenvalue weighted by Crippen LogP contribution is -2.43. The molecule has 0 unspecified atom stereocenters. The molecule has 23 heavy (non-hydrogen) atoms. The number of carbonyl (C=O) groups is 2. The second-order valence-electron chi connectivity index (χ2n) is 5.82. The molecule has 1 aliphatic rings. The summed E-state index contributed by atoms with van der Waals surface area (Å²) in [7, 11) is 0. The van der Waals surface area contributed by atoms with Gasteiger partial charge >= 0.3 is 11.8 Å². The van der Waals surface area contributed by atoms with E-state index in [9.17, 15) is 9.59 Å². The van der Waals surface area contributed by atoms with Gasteiger partial charge in [-0.25, -0.2) is 0 Å². The summed E-state index contributed by atoms with van der Waals surface area (Å²) in [5.41, 5.74) is 2.03. The molecule has 0 spiro atoms. The fourth-order valence-electron chi connectivity index (χ4n) is 2.52. The molecule has 1 saturated carbocycles. The smallest absolute Gasteiger partial charge is 0.312 e. The maximum absolute atomic E-state index is 12.5. The molecule has 4 nitrogen and oxygen atoms in total. The molecule has 0 aromatic heterocycles. The Morgan fingerprint density at radius 3 is 2.04 bits per heavy atom. The van der Waals surface area contributed by atoms with E-state index in [4.69, 9.17) is 0 Å². The average Bonchev–Trinajstić information content (AvgIpc) is 3.44. The Morgan fingerprint density at radius 2 is 1.48 bits per heavy atom. The number of nitrogens with one attached hydrogen (secondary N) is 1. The Kier molecular flexibility index (Phi) is 4.71. The van der Waals surface area contributed by atoms with Crippen LogP contribution in [0.2, 0.25) is 0 Å². The van der Waals surface area contributed by atoms with Crippen molar-refractivity contribution in [3.05, 3.63) is 71.8 Å². The highest BCUT2D eigenvalue weighted by molar-refractivity contribution is 6.35. The summed E-state index contributed by atoms with van der Waals surface area (Å²) in [5.74, 6) is -0.969. The summed E-state index contributed by atoms with van der Waals surface area (Å²) >= 11 is 0. The van der Waals surface area contributed by atoms with E-state index in [1.807, 2.05) is 60.7 Å². The van der Waals surface area contributed by atoms with E-state index in [2.05, 4.69) is 5.32 Å². The summed E-state index contributed by atoms with van der Waals surface area (Å²) in [4.78, 5) is 26.3. The second-order valence-corrected chi connectivity index (χ2v) is 5.82. The van der Waals surface area contributed by atoms with Gasteiger partial charge in [-0.3, -0.25) is 9.59 Å². The number of nitrogens with zero attached hydrogens (tertiary/aromatic N) is 1. The van der Waals surface area contributed by atoms with Crippen LogP contribution in [0.15, 0.2) is 60.7 Å². The highest BCUT2D eigenvalue weighted by atomic mass is 16.2. The molecule has 0 heterocycles. The number of amides is 2. The largest absolute Gasteiger partial charge is 0.344 e. The molecule has 0 atom stereocenters. The Morgan fingerprint density at radius 1 is 0.913 bits per heavy atom. The van der Waals surface area contributed by atoms with E-state index < -0.39 is 11.8 Å². The first kappa shape index (κ1) is 15.3. The first-order valence-corrected chi connectivity index (χ1v) is 7.90. The van der Waals surface area contributed by atoms with Gasteiger partial charge in [0.05, 0.1) is 0 Å². The third-order valence-electron chi connectivity index (χ3n) is 3.93. The van der Waals surface area contributed by atoms with Crippen molar-refractivity contribution in [3.8, 4) is 0 Å². The summed E-state index contributed by atoms with van der Waals surface area (Å²) in [5, 5.41) is 2.72. The van der Waals surface area contributed by atoms with Crippen LogP contribution in [0.4, 0.5) is 0 Å². The van der Waals surface area contributed by atoms with Crippen molar-refractivity contribution in [1.82, 2.24) is 10.2 Å². The molecule has 1 aliphatic carbocycles. The zero-order valence-electron chi connectivity index (χ0n) is 12.9. The third kappa shape index (κ3) is 4.19. The minimum absolute atomic E-state index is 0.199. The monoisotopic (exact) mass is 308 g/mol. The number of benzene rings is 2. The van der Waals surface area contributed by atoms with Crippen molar-refractivity contribution in [2.24, 2.45) is 0 Å². The quantitative estimate of drug-likeness (QED) is 0.863. The fourth-order valence-corrected chi connectivity index (χ4v) is 2.52. The molecule has 0 saturated heterocycles. The predicted octanol–water partition coefficient (Wildman–Crippen LogP) is 2.49. The van der Waals surface area contributed by atoms with Crippen molar-refractivity contribution >= 4 is 11.8 Å². The second kappa shape index (κ2) is 7.09. The Labute approximate surface area is 136 Å². The SMILES string of the molecule is O=C(NCc1ccccc1)C(=O)N(Cc1ccccc1)C1CC1. The Balaban J connectivity index is 1.60. The van der Waals surface area contributed by atoms with Crippen molar-refractivity contribution < 1.29 is 9.59 Å². The normalized spacial score (nSPS) is 13.4. The van der Waals surface area contributed by atoms with Crippen LogP contribution in [0.5, 0.6) is 0 Å². The number of hydrogen-bond donors (Lipinski definition) is 1. The summed E-state index contributed by atoms with van der Waals surface area (Å²) in [6.07, 6.45) is 1.95. The lowest BCUT2D eigenvalue weighted by molar-refractivity contribution is -0.146. The van der Waals surface area contributed by atoms with E-state index in [0.29, 0.717) is 13.1 Å². The van der Waals surface area contributed by atoms with Gasteiger partial charge in [0.2, 0.25) is 0 Å². The molecule has 2 amide bonds. The van der Waals surface area contributed by atoms with Crippen molar-refractivity contribution in [1.29, 1.82) is 0 Å². The highest BCUT2D eigenvalue weighted by Crippen LogP contribution is 2.28. The molecule has 1 fully saturated rings. The predicted molar refractivity (Wildman–Crippen MR) is 88.3 cm³/mol. The summed E-state index contributed by atoms with van der Waals surface area (Å²) in [6, 6.07) is 19.6. The van der Waals surface area contributed by atoms with Gasteiger partial charge in [0.15, 0.2) is 0 Å². The molecule has 0 bridgehead atoms. The molecule has 1 N–H and O–H groups in total. The Bertz CT molecular complexity index is 666. The van der Waals surface area contributed by atoms with Crippen molar-refractivity contribution in [2.45, 2.75) is 32.0 Å². The average molecular weight is 308 g/mol. The van der Waals surface area contributed by atoms with Crippen LogP contribution in [0, 0.1) is 0 Å². The topological polar surface area (TPSA) is 49.4 Å². The standard InChI is InChI=1S/C19H20N2O2/c22-18(20-13-15-7-3-1-4-8-15)19(23)21(17-11-12-17)14-16-9-5-2-6-10-16/h1-10,17H,11-14H2,(H,20,22). The molecule has 0 radical (unpaired) electrons. The number of hydrogen-bond acceptors (Lipinski definition) is 2. The molecule has 2 aromatic rings. The molecular weight excluding hydrogens is 288 g/mol. The lowest BCUT2D eigenvalue weighted by Gasteiger charge is -2.22. The molecule has 4 heteroatoms. The lowest BCUT2D eigenvalue weighted by atomic mass is 10.2. The van der Waals surface area contributed by atoms with Gasteiger partial charge in [-0.1, -0.05) is 60.7 Å². The van der Waals surface area contributed by atoms with Gasteiger partial charge in [-0.2, -0.15) is 0 Å². The van der Waals surface area contributed by atoms with Crippen LogP contribution < -0.4 is 5.32 Å².